The van der Waals surface area contributed by atoms with Crippen LogP contribution in [0.2, 0.25) is 0 Å². The maximum absolute atomic E-state index is 7.11. The van der Waals surface area contributed by atoms with Crippen molar-refractivity contribution < 1.29 is 0 Å². The van der Waals surface area contributed by atoms with Gasteiger partial charge < -0.3 is 0 Å². The van der Waals surface area contributed by atoms with Crippen LogP contribution in [0, 0.1) is 11.8 Å². The monoisotopic (exact) mass is 140 g/mol. The van der Waals surface area contributed by atoms with Gasteiger partial charge in [0.25, 0.3) is 0 Å². The predicted octanol–water partition coefficient (Wildman–Crippen LogP) is 2.49. The molecule has 1 aliphatic rings. The van der Waals surface area contributed by atoms with Crippen molar-refractivity contribution in [1.29, 1.82) is 0 Å². The van der Waals surface area contributed by atoms with E-state index in [2.05, 4.69) is 6.92 Å². The van der Waals surface area contributed by atoms with Crippen LogP contribution in [-0.2, 0) is 0 Å². The molecular weight excluding hydrogens is 122 g/mol. The minimum absolute atomic E-state index is 0.616. The summed E-state index contributed by atoms with van der Waals surface area (Å²) in [6.45, 7) is 2.80. The van der Waals surface area contributed by atoms with Gasteiger partial charge in [-0.2, -0.15) is 0 Å². The smallest absolute Gasteiger partial charge is 0.0125 e. The van der Waals surface area contributed by atoms with E-state index < -0.39 is 0 Å². The van der Waals surface area contributed by atoms with Gasteiger partial charge in [0.1, 0.15) is 0 Å². The third kappa shape index (κ3) is 3.21. The normalized spacial score (nSPS) is 21.0. The fourth-order valence-electron chi connectivity index (χ4n) is 1.26. The van der Waals surface area contributed by atoms with Crippen molar-refractivity contribution in [2.45, 2.75) is 39.0 Å². The van der Waals surface area contributed by atoms with Gasteiger partial charge in [0.05, 0.1) is 0 Å². The molecule has 0 aromatic rings. The second-order valence-electron chi connectivity index (χ2n) is 3.68. The largest absolute Gasteiger partial charge is 0.258 e. The third-order valence-electron chi connectivity index (χ3n) is 2.35. The molecule has 1 saturated carbocycles. The van der Waals surface area contributed by atoms with Crippen LogP contribution >= 0.6 is 0 Å². The van der Waals surface area contributed by atoms with Crippen LogP contribution < -0.4 is 5.73 Å². The maximum Gasteiger partial charge on any atom is 0.0125 e. The van der Waals surface area contributed by atoms with Crippen LogP contribution in [0.5, 0.6) is 0 Å². The van der Waals surface area contributed by atoms with Crippen LogP contribution in [0.25, 0.3) is 0 Å². The summed E-state index contributed by atoms with van der Waals surface area (Å²) in [6, 6.07) is 0. The molecule has 0 amide bonds. The van der Waals surface area contributed by atoms with Gasteiger partial charge in [0, 0.05) is 6.54 Å². The lowest BCUT2D eigenvalue weighted by molar-refractivity contribution is 0.489. The molecule has 0 aromatic heterocycles. The van der Waals surface area contributed by atoms with Crippen molar-refractivity contribution in [3.05, 3.63) is 0 Å². The Morgan fingerprint density at radius 1 is 1.50 bits per heavy atom. The first kappa shape index (κ1) is 8.06. The van der Waals surface area contributed by atoms with Crippen molar-refractivity contribution in [1.82, 2.24) is 5.73 Å². The third-order valence-corrected chi connectivity index (χ3v) is 2.35. The summed E-state index contributed by atoms with van der Waals surface area (Å²) in [5, 5.41) is 0. The summed E-state index contributed by atoms with van der Waals surface area (Å²) in [5.41, 5.74) is 7.11. The molecule has 10 heavy (non-hydrogen) atoms. The summed E-state index contributed by atoms with van der Waals surface area (Å²) >= 11 is 0. The standard InChI is InChI=1S/C9H18N/c1-8(7-10)3-2-4-9-5-6-9/h8-10H,2-7H2,1H3. The van der Waals surface area contributed by atoms with E-state index in [1.54, 1.807) is 0 Å². The number of nitrogens with one attached hydrogen (secondary N) is 1. The molecule has 0 aromatic carbocycles. The SMILES string of the molecule is CC(C[NH])CCCC1CC1. The molecule has 0 spiro atoms. The summed E-state index contributed by atoms with van der Waals surface area (Å²) in [4.78, 5) is 0. The molecule has 0 heterocycles. The molecule has 1 atom stereocenters. The summed E-state index contributed by atoms with van der Waals surface area (Å²) in [6.07, 6.45) is 7.04. The molecule has 1 N–H and O–H groups in total. The molecule has 59 valence electrons. The summed E-state index contributed by atoms with van der Waals surface area (Å²) in [7, 11) is 0. The van der Waals surface area contributed by atoms with Gasteiger partial charge >= 0.3 is 0 Å². The quantitative estimate of drug-likeness (QED) is 0.560. The number of rotatable bonds is 5. The van der Waals surface area contributed by atoms with Gasteiger partial charge in [-0.05, 0) is 18.3 Å². The van der Waals surface area contributed by atoms with E-state index in [1.165, 1.54) is 32.1 Å². The van der Waals surface area contributed by atoms with Gasteiger partial charge in [-0.1, -0.05) is 32.6 Å². The fourth-order valence-corrected chi connectivity index (χ4v) is 1.26. The summed E-state index contributed by atoms with van der Waals surface area (Å²) < 4.78 is 0. The van der Waals surface area contributed by atoms with Crippen LogP contribution in [0.1, 0.15) is 39.0 Å². The first-order valence-electron chi connectivity index (χ1n) is 4.47. The second-order valence-corrected chi connectivity index (χ2v) is 3.68. The first-order chi connectivity index (χ1) is 4.83. The average Bonchev–Trinajstić information content (AvgIpc) is 2.71. The highest BCUT2D eigenvalue weighted by molar-refractivity contribution is 4.72. The lowest BCUT2D eigenvalue weighted by Crippen LogP contribution is -2.01. The van der Waals surface area contributed by atoms with Gasteiger partial charge in [-0.3, -0.25) is 5.73 Å². The fraction of sp³-hybridized carbons (Fsp3) is 1.00. The Bertz CT molecular complexity index is 86.7. The van der Waals surface area contributed by atoms with Crippen LogP contribution in [-0.4, -0.2) is 6.54 Å². The Balaban J connectivity index is 1.83. The molecule has 1 nitrogen and oxygen atoms in total. The van der Waals surface area contributed by atoms with Crippen LogP contribution in [0.15, 0.2) is 0 Å². The first-order valence-corrected chi connectivity index (χ1v) is 4.47. The summed E-state index contributed by atoms with van der Waals surface area (Å²) in [5.74, 6) is 1.72. The van der Waals surface area contributed by atoms with Gasteiger partial charge in [0.15, 0.2) is 0 Å². The topological polar surface area (TPSA) is 23.8 Å². The molecule has 1 radical (unpaired) electrons. The Morgan fingerprint density at radius 3 is 2.70 bits per heavy atom. The predicted molar refractivity (Wildman–Crippen MR) is 43.7 cm³/mol. The highest BCUT2D eigenvalue weighted by Crippen LogP contribution is 2.34. The van der Waals surface area contributed by atoms with Crippen molar-refractivity contribution in [3.8, 4) is 0 Å². The van der Waals surface area contributed by atoms with Gasteiger partial charge in [0.2, 0.25) is 0 Å². The Morgan fingerprint density at radius 2 is 2.20 bits per heavy atom. The van der Waals surface area contributed by atoms with E-state index in [1.807, 2.05) is 0 Å². The second kappa shape index (κ2) is 3.97. The highest BCUT2D eigenvalue weighted by Gasteiger charge is 2.20. The van der Waals surface area contributed by atoms with Crippen molar-refractivity contribution in [2.75, 3.05) is 6.54 Å². The lowest BCUT2D eigenvalue weighted by Gasteiger charge is -2.05. The van der Waals surface area contributed by atoms with Crippen LogP contribution in [0.3, 0.4) is 0 Å². The molecular formula is C9H18N. The molecule has 0 bridgehead atoms. The van der Waals surface area contributed by atoms with E-state index in [9.17, 15) is 0 Å². The molecule has 1 fully saturated rings. The zero-order valence-electron chi connectivity index (χ0n) is 6.90. The molecule has 1 aliphatic carbocycles. The zero-order valence-corrected chi connectivity index (χ0v) is 6.90. The zero-order chi connectivity index (χ0) is 7.40. The molecule has 1 rings (SSSR count). The highest BCUT2D eigenvalue weighted by atomic mass is 14.5. The Hall–Kier alpha value is -0.0400. The average molecular weight is 140 g/mol. The lowest BCUT2D eigenvalue weighted by atomic mass is 10.0. The number of hydrogen-bond donors (Lipinski definition) is 0. The van der Waals surface area contributed by atoms with Crippen molar-refractivity contribution >= 4 is 0 Å². The maximum atomic E-state index is 7.11. The molecule has 1 unspecified atom stereocenters. The van der Waals surface area contributed by atoms with Crippen LogP contribution in [0.4, 0.5) is 0 Å². The van der Waals surface area contributed by atoms with Gasteiger partial charge in [-0.25, -0.2) is 0 Å². The Labute approximate surface area is 64.0 Å². The minimum atomic E-state index is 0.616. The van der Waals surface area contributed by atoms with Crippen molar-refractivity contribution in [2.24, 2.45) is 11.8 Å². The van der Waals surface area contributed by atoms with Gasteiger partial charge in [-0.15, -0.1) is 0 Å². The van der Waals surface area contributed by atoms with E-state index >= 15 is 0 Å². The van der Waals surface area contributed by atoms with E-state index in [4.69, 9.17) is 5.73 Å². The molecule has 1 heteroatoms. The van der Waals surface area contributed by atoms with E-state index in [0.717, 1.165) is 5.92 Å². The molecule has 0 aliphatic heterocycles. The van der Waals surface area contributed by atoms with E-state index in [-0.39, 0.29) is 0 Å². The minimum Gasteiger partial charge on any atom is -0.258 e. The van der Waals surface area contributed by atoms with Crippen molar-refractivity contribution in [3.63, 3.8) is 0 Å². The number of hydrogen-bond acceptors (Lipinski definition) is 0. The Kier molecular flexibility index (Phi) is 3.20. The van der Waals surface area contributed by atoms with E-state index in [0.29, 0.717) is 12.5 Å². The molecule has 0 saturated heterocycles.